The minimum Gasteiger partial charge on any atom is -0.457 e. The van der Waals surface area contributed by atoms with Gasteiger partial charge >= 0.3 is 0 Å². The topological polar surface area (TPSA) is 67.5 Å². The van der Waals surface area contributed by atoms with Crippen molar-refractivity contribution in [2.75, 3.05) is 18.4 Å². The van der Waals surface area contributed by atoms with Crippen LogP contribution in [-0.2, 0) is 0 Å². The van der Waals surface area contributed by atoms with Crippen molar-refractivity contribution in [1.82, 2.24) is 0 Å². The van der Waals surface area contributed by atoms with E-state index in [0.29, 0.717) is 6.54 Å². The quantitative estimate of drug-likeness (QED) is 0.743. The molecule has 0 aliphatic carbocycles. The Kier molecular flexibility index (Phi) is 4.78. The zero-order valence-electron chi connectivity index (χ0n) is 10.6. The molecular formula is C15H18N2O2. The summed E-state index contributed by atoms with van der Waals surface area (Å²) in [6.07, 6.45) is -0.528. The number of nitrogens with one attached hydrogen (secondary N) is 1. The van der Waals surface area contributed by atoms with Gasteiger partial charge in [0.05, 0.1) is 6.10 Å². The van der Waals surface area contributed by atoms with E-state index in [9.17, 15) is 5.11 Å². The molecule has 0 aromatic heterocycles. The predicted molar refractivity (Wildman–Crippen MR) is 76.5 cm³/mol. The first-order valence-corrected chi connectivity index (χ1v) is 6.23. The first-order chi connectivity index (χ1) is 9.28. The van der Waals surface area contributed by atoms with Gasteiger partial charge in [0.1, 0.15) is 11.5 Å². The maximum Gasteiger partial charge on any atom is 0.127 e. The largest absolute Gasteiger partial charge is 0.457 e. The van der Waals surface area contributed by atoms with Crippen LogP contribution in [0.1, 0.15) is 0 Å². The van der Waals surface area contributed by atoms with Gasteiger partial charge in [-0.2, -0.15) is 0 Å². The number of ether oxygens (including phenoxy) is 1. The van der Waals surface area contributed by atoms with E-state index in [1.54, 1.807) is 0 Å². The Morgan fingerprint density at radius 2 is 1.63 bits per heavy atom. The van der Waals surface area contributed by atoms with Crippen molar-refractivity contribution >= 4 is 5.69 Å². The second-order valence-corrected chi connectivity index (χ2v) is 4.21. The van der Waals surface area contributed by atoms with Crippen molar-refractivity contribution in [2.24, 2.45) is 5.73 Å². The van der Waals surface area contributed by atoms with Crippen LogP contribution in [0.5, 0.6) is 11.5 Å². The Bertz CT molecular complexity index is 485. The Morgan fingerprint density at radius 1 is 1.00 bits per heavy atom. The Hall–Kier alpha value is -2.04. The number of benzene rings is 2. The van der Waals surface area contributed by atoms with Gasteiger partial charge in [0.25, 0.3) is 0 Å². The number of aliphatic hydroxyl groups is 1. The number of hydrogen-bond donors (Lipinski definition) is 3. The predicted octanol–water partition coefficient (Wildman–Crippen LogP) is 2.21. The second kappa shape index (κ2) is 6.78. The molecule has 0 fully saturated rings. The first-order valence-electron chi connectivity index (χ1n) is 6.23. The zero-order valence-corrected chi connectivity index (χ0v) is 10.6. The van der Waals surface area contributed by atoms with Crippen molar-refractivity contribution < 1.29 is 9.84 Å². The van der Waals surface area contributed by atoms with Crippen LogP contribution < -0.4 is 15.8 Å². The summed E-state index contributed by atoms with van der Waals surface area (Å²) in [5.41, 5.74) is 6.26. The molecule has 0 radical (unpaired) electrons. The molecule has 2 aromatic rings. The van der Waals surface area contributed by atoms with E-state index in [1.165, 1.54) is 0 Å². The monoisotopic (exact) mass is 258 g/mol. The summed E-state index contributed by atoms with van der Waals surface area (Å²) in [5, 5.41) is 12.5. The van der Waals surface area contributed by atoms with Gasteiger partial charge in [0.2, 0.25) is 0 Å². The summed E-state index contributed by atoms with van der Waals surface area (Å²) in [6.45, 7) is 0.692. The molecule has 1 unspecified atom stereocenters. The summed E-state index contributed by atoms with van der Waals surface area (Å²) < 4.78 is 5.68. The molecule has 19 heavy (non-hydrogen) atoms. The second-order valence-electron chi connectivity index (χ2n) is 4.21. The molecule has 0 amide bonds. The summed E-state index contributed by atoms with van der Waals surface area (Å²) in [5.74, 6) is 1.58. The third-order valence-corrected chi connectivity index (χ3v) is 2.65. The molecule has 2 rings (SSSR count). The highest BCUT2D eigenvalue weighted by atomic mass is 16.5. The maximum atomic E-state index is 9.36. The van der Waals surface area contributed by atoms with E-state index in [4.69, 9.17) is 10.5 Å². The average Bonchev–Trinajstić information content (AvgIpc) is 2.47. The van der Waals surface area contributed by atoms with E-state index in [-0.39, 0.29) is 6.54 Å². The smallest absolute Gasteiger partial charge is 0.127 e. The van der Waals surface area contributed by atoms with E-state index in [1.807, 2.05) is 54.6 Å². The fourth-order valence-electron chi connectivity index (χ4n) is 1.58. The molecule has 100 valence electrons. The van der Waals surface area contributed by atoms with E-state index >= 15 is 0 Å². The molecule has 4 N–H and O–H groups in total. The standard InChI is InChI=1S/C15H18N2O2/c16-10-13(18)11-17-12-6-8-15(9-7-12)19-14-4-2-1-3-5-14/h1-9,13,17-18H,10-11,16H2. The molecule has 0 bridgehead atoms. The molecule has 1 atom stereocenters. The minimum absolute atomic E-state index is 0.252. The van der Waals surface area contributed by atoms with Gasteiger partial charge in [-0.3, -0.25) is 0 Å². The fraction of sp³-hybridized carbons (Fsp3) is 0.200. The molecule has 4 heteroatoms. The molecular weight excluding hydrogens is 240 g/mol. The van der Waals surface area contributed by atoms with E-state index < -0.39 is 6.10 Å². The highest BCUT2D eigenvalue weighted by Crippen LogP contribution is 2.22. The van der Waals surface area contributed by atoms with Gasteiger partial charge < -0.3 is 20.9 Å². The SMILES string of the molecule is NCC(O)CNc1ccc(Oc2ccccc2)cc1. The van der Waals surface area contributed by atoms with E-state index in [2.05, 4.69) is 5.32 Å². The lowest BCUT2D eigenvalue weighted by atomic mass is 10.2. The lowest BCUT2D eigenvalue weighted by molar-refractivity contribution is 0.196. The fourth-order valence-corrected chi connectivity index (χ4v) is 1.58. The third kappa shape index (κ3) is 4.28. The molecule has 0 aliphatic heterocycles. The summed E-state index contributed by atoms with van der Waals surface area (Å²) in [4.78, 5) is 0. The number of anilines is 1. The zero-order chi connectivity index (χ0) is 13.5. The molecule has 0 aliphatic rings. The highest BCUT2D eigenvalue weighted by Gasteiger charge is 2.01. The van der Waals surface area contributed by atoms with Crippen LogP contribution in [0, 0.1) is 0 Å². The number of nitrogens with two attached hydrogens (primary N) is 1. The maximum absolute atomic E-state index is 9.36. The summed E-state index contributed by atoms with van der Waals surface area (Å²) in [6, 6.07) is 17.2. The molecule has 0 heterocycles. The Morgan fingerprint density at radius 3 is 2.26 bits per heavy atom. The first kappa shape index (κ1) is 13.4. The van der Waals surface area contributed by atoms with Crippen LogP contribution in [0.4, 0.5) is 5.69 Å². The third-order valence-electron chi connectivity index (χ3n) is 2.65. The van der Waals surface area contributed by atoms with Crippen molar-refractivity contribution in [3.05, 3.63) is 54.6 Å². The molecule has 0 saturated carbocycles. The number of hydrogen-bond acceptors (Lipinski definition) is 4. The average molecular weight is 258 g/mol. The summed E-state index contributed by atoms with van der Waals surface area (Å²) in [7, 11) is 0. The van der Waals surface area contributed by atoms with Crippen molar-refractivity contribution in [1.29, 1.82) is 0 Å². The molecule has 2 aromatic carbocycles. The lowest BCUT2D eigenvalue weighted by Crippen LogP contribution is -2.27. The normalized spacial score (nSPS) is 11.9. The van der Waals surface area contributed by atoms with Gasteiger partial charge in [0.15, 0.2) is 0 Å². The van der Waals surface area contributed by atoms with Crippen LogP contribution >= 0.6 is 0 Å². The van der Waals surface area contributed by atoms with Gasteiger partial charge in [-0.05, 0) is 36.4 Å². The van der Waals surface area contributed by atoms with Crippen molar-refractivity contribution in [2.45, 2.75) is 6.10 Å². The molecule has 4 nitrogen and oxygen atoms in total. The van der Waals surface area contributed by atoms with Crippen molar-refractivity contribution in [3.63, 3.8) is 0 Å². The number of aliphatic hydroxyl groups excluding tert-OH is 1. The number of rotatable bonds is 6. The van der Waals surface area contributed by atoms with Gasteiger partial charge in [-0.15, -0.1) is 0 Å². The van der Waals surface area contributed by atoms with Gasteiger partial charge in [0, 0.05) is 18.8 Å². The van der Waals surface area contributed by atoms with Crippen LogP contribution in [0.3, 0.4) is 0 Å². The summed E-state index contributed by atoms with van der Waals surface area (Å²) >= 11 is 0. The Labute approximate surface area is 112 Å². The minimum atomic E-state index is -0.528. The lowest BCUT2D eigenvalue weighted by Gasteiger charge is -2.11. The Balaban J connectivity index is 1.91. The molecule has 0 spiro atoms. The highest BCUT2D eigenvalue weighted by molar-refractivity contribution is 5.47. The van der Waals surface area contributed by atoms with Crippen molar-refractivity contribution in [3.8, 4) is 11.5 Å². The molecule has 0 saturated heterocycles. The van der Waals surface area contributed by atoms with Gasteiger partial charge in [-0.25, -0.2) is 0 Å². The van der Waals surface area contributed by atoms with Crippen LogP contribution in [0.25, 0.3) is 0 Å². The van der Waals surface area contributed by atoms with Crippen LogP contribution in [0.2, 0.25) is 0 Å². The van der Waals surface area contributed by atoms with E-state index in [0.717, 1.165) is 17.2 Å². The van der Waals surface area contributed by atoms with Gasteiger partial charge in [-0.1, -0.05) is 18.2 Å². The number of para-hydroxylation sites is 1. The van der Waals surface area contributed by atoms with Crippen LogP contribution in [-0.4, -0.2) is 24.3 Å². The van der Waals surface area contributed by atoms with Crippen LogP contribution in [0.15, 0.2) is 54.6 Å².